The smallest absolute Gasteiger partial charge is 0.240 e. The first-order valence-electron chi connectivity index (χ1n) is 9.02. The van der Waals surface area contributed by atoms with Crippen LogP contribution in [0.5, 0.6) is 0 Å². The van der Waals surface area contributed by atoms with Crippen molar-refractivity contribution in [1.82, 2.24) is 9.88 Å². The number of hydrogen-bond acceptors (Lipinski definition) is 5. The number of aromatic nitrogens is 1. The van der Waals surface area contributed by atoms with Gasteiger partial charge in [-0.15, -0.1) is 11.3 Å². The van der Waals surface area contributed by atoms with Crippen LogP contribution in [0.4, 0.5) is 5.13 Å². The number of carbonyl (C=O) groups is 1. The van der Waals surface area contributed by atoms with Crippen molar-refractivity contribution in [2.45, 2.75) is 46.8 Å². The Morgan fingerprint density at radius 3 is 2.77 bits per heavy atom. The molecule has 3 rings (SSSR count). The van der Waals surface area contributed by atoms with Crippen LogP contribution in [0, 0.1) is 20.8 Å². The molecule has 1 amide bonds. The van der Waals surface area contributed by atoms with Gasteiger partial charge in [0.15, 0.2) is 5.13 Å². The van der Waals surface area contributed by atoms with Gasteiger partial charge in [0.05, 0.1) is 24.9 Å². The zero-order valence-electron chi connectivity index (χ0n) is 16.1. The lowest BCUT2D eigenvalue weighted by Crippen LogP contribution is -2.50. The molecule has 140 valence electrons. The van der Waals surface area contributed by atoms with Crippen molar-refractivity contribution in [1.29, 1.82) is 0 Å². The molecule has 26 heavy (non-hydrogen) atoms. The Labute approximate surface area is 159 Å². The second kappa shape index (κ2) is 7.86. The topological polar surface area (TPSA) is 54.5 Å². The van der Waals surface area contributed by atoms with Crippen LogP contribution in [0.25, 0.3) is 11.3 Å². The molecule has 1 fully saturated rings. The van der Waals surface area contributed by atoms with Crippen molar-refractivity contribution in [3.05, 3.63) is 34.2 Å². The summed E-state index contributed by atoms with van der Waals surface area (Å²) in [7, 11) is 0. The summed E-state index contributed by atoms with van der Waals surface area (Å²) in [5.74, 6) is -0.0244. The molecule has 2 atom stereocenters. The quantitative estimate of drug-likeness (QED) is 0.886. The lowest BCUT2D eigenvalue weighted by molar-refractivity contribution is -0.121. The van der Waals surface area contributed by atoms with E-state index in [0.717, 1.165) is 17.8 Å². The van der Waals surface area contributed by atoms with E-state index < -0.39 is 0 Å². The molecular weight excluding hydrogens is 346 g/mol. The van der Waals surface area contributed by atoms with Crippen molar-refractivity contribution in [3.63, 3.8) is 0 Å². The van der Waals surface area contributed by atoms with Gasteiger partial charge in [-0.25, -0.2) is 4.98 Å². The molecule has 1 N–H and O–H groups in total. The highest BCUT2D eigenvalue weighted by molar-refractivity contribution is 7.14. The highest BCUT2D eigenvalue weighted by Crippen LogP contribution is 2.29. The Balaban J connectivity index is 1.67. The molecule has 0 bridgehead atoms. The SMILES string of the molecule is Cc1cc(C)c(-c2csc(NC(=O)CN3CC(C)OCC3C)n2)cc1C. The lowest BCUT2D eigenvalue weighted by Gasteiger charge is -2.36. The number of nitrogens with one attached hydrogen (secondary N) is 1. The number of thiazole rings is 1. The molecule has 2 heterocycles. The number of amides is 1. The van der Waals surface area contributed by atoms with Gasteiger partial charge in [0.2, 0.25) is 5.91 Å². The van der Waals surface area contributed by atoms with Crippen molar-refractivity contribution < 1.29 is 9.53 Å². The van der Waals surface area contributed by atoms with Gasteiger partial charge in [0.25, 0.3) is 0 Å². The van der Waals surface area contributed by atoms with Crippen LogP contribution in [0.3, 0.4) is 0 Å². The van der Waals surface area contributed by atoms with Gasteiger partial charge in [-0.3, -0.25) is 9.69 Å². The maximum Gasteiger partial charge on any atom is 0.240 e. The minimum atomic E-state index is -0.0244. The van der Waals surface area contributed by atoms with Gasteiger partial charge in [-0.05, 0) is 57.4 Å². The largest absolute Gasteiger partial charge is 0.376 e. The van der Waals surface area contributed by atoms with E-state index in [4.69, 9.17) is 4.74 Å². The first kappa shape index (κ1) is 19.0. The third kappa shape index (κ3) is 4.31. The first-order chi connectivity index (χ1) is 12.3. The zero-order chi connectivity index (χ0) is 18.8. The summed E-state index contributed by atoms with van der Waals surface area (Å²) in [5, 5.41) is 5.60. The van der Waals surface area contributed by atoms with Crippen LogP contribution in [-0.4, -0.2) is 47.6 Å². The van der Waals surface area contributed by atoms with E-state index in [0.29, 0.717) is 18.3 Å². The number of anilines is 1. The fraction of sp³-hybridized carbons (Fsp3) is 0.500. The van der Waals surface area contributed by atoms with Crippen LogP contribution in [-0.2, 0) is 9.53 Å². The summed E-state index contributed by atoms with van der Waals surface area (Å²) in [6.45, 7) is 12.3. The lowest BCUT2D eigenvalue weighted by atomic mass is 9.99. The second-order valence-electron chi connectivity index (χ2n) is 7.26. The van der Waals surface area contributed by atoms with Gasteiger partial charge < -0.3 is 10.1 Å². The standard InChI is InChI=1S/C20H27N3O2S/c1-12-6-14(3)17(7-13(12)2)18-11-26-20(21-18)22-19(24)9-23-8-16(5)25-10-15(23)4/h6-7,11,15-16H,8-10H2,1-5H3,(H,21,22,24). The summed E-state index contributed by atoms with van der Waals surface area (Å²) >= 11 is 1.47. The van der Waals surface area contributed by atoms with Gasteiger partial charge in [0.1, 0.15) is 0 Å². The molecule has 1 saturated heterocycles. The molecule has 0 saturated carbocycles. The average Bonchev–Trinajstić information content (AvgIpc) is 3.02. The van der Waals surface area contributed by atoms with Gasteiger partial charge >= 0.3 is 0 Å². The van der Waals surface area contributed by atoms with Gasteiger partial charge in [-0.2, -0.15) is 0 Å². The molecule has 2 unspecified atom stereocenters. The predicted octanol–water partition coefficient (Wildman–Crippen LogP) is 3.78. The Morgan fingerprint density at radius 2 is 2.00 bits per heavy atom. The van der Waals surface area contributed by atoms with Crippen LogP contribution in [0.1, 0.15) is 30.5 Å². The second-order valence-corrected chi connectivity index (χ2v) is 8.12. The molecule has 2 aromatic rings. The van der Waals surface area contributed by atoms with Crippen molar-refractivity contribution in [2.75, 3.05) is 25.0 Å². The molecule has 5 nitrogen and oxygen atoms in total. The fourth-order valence-electron chi connectivity index (χ4n) is 3.23. The van der Waals surface area contributed by atoms with E-state index in [1.165, 1.54) is 28.0 Å². The minimum Gasteiger partial charge on any atom is -0.376 e. The van der Waals surface area contributed by atoms with Crippen LogP contribution in [0.15, 0.2) is 17.5 Å². The molecule has 0 radical (unpaired) electrons. The van der Waals surface area contributed by atoms with E-state index in [1.807, 2.05) is 12.3 Å². The molecule has 0 aliphatic carbocycles. The highest BCUT2D eigenvalue weighted by atomic mass is 32.1. The maximum absolute atomic E-state index is 12.4. The molecule has 1 aliphatic rings. The normalized spacial score (nSPS) is 21.0. The monoisotopic (exact) mass is 373 g/mol. The summed E-state index contributed by atoms with van der Waals surface area (Å²) < 4.78 is 5.62. The van der Waals surface area contributed by atoms with Crippen LogP contribution in [0.2, 0.25) is 0 Å². The summed E-state index contributed by atoms with van der Waals surface area (Å²) in [5.41, 5.74) is 5.77. The number of aryl methyl sites for hydroxylation is 3. The Morgan fingerprint density at radius 1 is 1.27 bits per heavy atom. The number of rotatable bonds is 4. The van der Waals surface area contributed by atoms with E-state index in [1.54, 1.807) is 0 Å². The van der Waals surface area contributed by atoms with Gasteiger partial charge in [-0.1, -0.05) is 6.07 Å². The molecule has 6 heteroatoms. The van der Waals surface area contributed by atoms with Crippen molar-refractivity contribution in [3.8, 4) is 11.3 Å². The Bertz CT molecular complexity index is 802. The zero-order valence-corrected chi connectivity index (χ0v) is 16.9. The molecule has 0 spiro atoms. The summed E-state index contributed by atoms with van der Waals surface area (Å²) in [6.07, 6.45) is 0.165. The van der Waals surface area contributed by atoms with Crippen molar-refractivity contribution >= 4 is 22.4 Å². The number of hydrogen-bond donors (Lipinski definition) is 1. The third-order valence-corrected chi connectivity index (χ3v) is 5.71. The number of carbonyl (C=O) groups excluding carboxylic acids is 1. The van der Waals surface area contributed by atoms with Crippen LogP contribution < -0.4 is 5.32 Å². The van der Waals surface area contributed by atoms with E-state index >= 15 is 0 Å². The third-order valence-electron chi connectivity index (χ3n) is 4.95. The number of nitrogens with zero attached hydrogens (tertiary/aromatic N) is 2. The maximum atomic E-state index is 12.4. The van der Waals surface area contributed by atoms with E-state index in [9.17, 15) is 4.79 Å². The summed E-state index contributed by atoms with van der Waals surface area (Å²) in [6, 6.07) is 4.60. The first-order valence-corrected chi connectivity index (χ1v) is 9.90. The fourth-order valence-corrected chi connectivity index (χ4v) is 3.95. The predicted molar refractivity (Wildman–Crippen MR) is 107 cm³/mol. The molecule has 1 aromatic heterocycles. The Hall–Kier alpha value is -1.76. The number of ether oxygens (including phenoxy) is 1. The Kier molecular flexibility index (Phi) is 5.75. The van der Waals surface area contributed by atoms with E-state index in [2.05, 4.69) is 55.0 Å². The molecular formula is C20H27N3O2S. The minimum absolute atomic E-state index is 0.0244. The molecule has 1 aliphatic heterocycles. The van der Waals surface area contributed by atoms with E-state index in [-0.39, 0.29) is 18.1 Å². The van der Waals surface area contributed by atoms with Crippen LogP contribution >= 0.6 is 11.3 Å². The summed E-state index contributed by atoms with van der Waals surface area (Å²) in [4.78, 5) is 19.2. The van der Waals surface area contributed by atoms with Crippen molar-refractivity contribution in [2.24, 2.45) is 0 Å². The number of benzene rings is 1. The average molecular weight is 374 g/mol. The molecule has 1 aromatic carbocycles. The van der Waals surface area contributed by atoms with Gasteiger partial charge in [0, 0.05) is 23.5 Å². The number of morpholine rings is 1. The highest BCUT2D eigenvalue weighted by Gasteiger charge is 2.25.